The molecule has 0 aromatic carbocycles. The monoisotopic (exact) mass is 242 g/mol. The van der Waals surface area contributed by atoms with Gasteiger partial charge in [-0.3, -0.25) is 4.79 Å². The van der Waals surface area contributed by atoms with Crippen LogP contribution in [0.1, 0.15) is 17.3 Å². The predicted octanol–water partition coefficient (Wildman–Crippen LogP) is 0.958. The number of hydrogen-bond donors (Lipinski definition) is 1. The summed E-state index contributed by atoms with van der Waals surface area (Å²) in [4.78, 5) is 15.1. The Labute approximate surface area is 98.9 Å². The topological polar surface area (TPSA) is 60.5 Å². The highest BCUT2D eigenvalue weighted by Crippen LogP contribution is 2.03. The Morgan fingerprint density at radius 3 is 2.53 bits per heavy atom. The fourth-order valence-corrected chi connectivity index (χ4v) is 1.37. The fourth-order valence-electron chi connectivity index (χ4n) is 1.37. The van der Waals surface area contributed by atoms with Crippen molar-refractivity contribution < 1.29 is 18.7 Å². The summed E-state index contributed by atoms with van der Waals surface area (Å²) in [7, 11) is 2.96. The van der Waals surface area contributed by atoms with Gasteiger partial charge in [0.15, 0.2) is 6.29 Å². The second-order valence-corrected chi connectivity index (χ2v) is 3.47. The number of amides is 1. The van der Waals surface area contributed by atoms with Crippen LogP contribution < -0.4 is 5.32 Å². The SMILES string of the molecule is COC(OC)C(C)NC(=O)c1ccc(F)nc1. The van der Waals surface area contributed by atoms with Gasteiger partial charge < -0.3 is 14.8 Å². The summed E-state index contributed by atoms with van der Waals surface area (Å²) in [6.45, 7) is 1.74. The number of rotatable bonds is 5. The maximum Gasteiger partial charge on any atom is 0.253 e. The van der Waals surface area contributed by atoms with Crippen molar-refractivity contribution >= 4 is 5.91 Å². The van der Waals surface area contributed by atoms with Crippen LogP contribution in [0.5, 0.6) is 0 Å². The minimum atomic E-state index is -0.624. The van der Waals surface area contributed by atoms with Crippen LogP contribution in [-0.2, 0) is 9.47 Å². The van der Waals surface area contributed by atoms with E-state index in [1.807, 2.05) is 0 Å². The van der Waals surface area contributed by atoms with Crippen LogP contribution in [0.15, 0.2) is 18.3 Å². The molecule has 1 amide bonds. The van der Waals surface area contributed by atoms with Crippen LogP contribution in [0.2, 0.25) is 0 Å². The number of nitrogens with zero attached hydrogens (tertiary/aromatic N) is 1. The number of hydrogen-bond acceptors (Lipinski definition) is 4. The van der Waals surface area contributed by atoms with E-state index in [4.69, 9.17) is 9.47 Å². The van der Waals surface area contributed by atoms with Gasteiger partial charge in [0.1, 0.15) is 0 Å². The van der Waals surface area contributed by atoms with Crippen molar-refractivity contribution in [2.24, 2.45) is 0 Å². The van der Waals surface area contributed by atoms with E-state index in [2.05, 4.69) is 10.3 Å². The maximum atomic E-state index is 12.6. The van der Waals surface area contributed by atoms with Gasteiger partial charge in [0.05, 0.1) is 11.6 Å². The van der Waals surface area contributed by atoms with E-state index in [0.717, 1.165) is 6.07 Å². The molecule has 5 nitrogen and oxygen atoms in total. The summed E-state index contributed by atoms with van der Waals surface area (Å²) in [5.41, 5.74) is 0.282. The molecule has 1 unspecified atom stereocenters. The third-order valence-corrected chi connectivity index (χ3v) is 2.22. The number of carbonyl (C=O) groups excluding carboxylic acids is 1. The van der Waals surface area contributed by atoms with E-state index in [-0.39, 0.29) is 17.5 Å². The lowest BCUT2D eigenvalue weighted by atomic mass is 10.2. The smallest absolute Gasteiger partial charge is 0.253 e. The number of aromatic nitrogens is 1. The summed E-state index contributed by atoms with van der Waals surface area (Å²) in [6, 6.07) is 2.16. The molecule has 1 heterocycles. The van der Waals surface area contributed by atoms with Gasteiger partial charge in [-0.15, -0.1) is 0 Å². The molecule has 0 aliphatic heterocycles. The molecular weight excluding hydrogens is 227 g/mol. The number of methoxy groups -OCH3 is 2. The molecule has 0 saturated carbocycles. The second kappa shape index (κ2) is 6.27. The third-order valence-electron chi connectivity index (χ3n) is 2.22. The molecule has 6 heteroatoms. The van der Waals surface area contributed by atoms with E-state index in [1.54, 1.807) is 6.92 Å². The van der Waals surface area contributed by atoms with Crippen LogP contribution in [0.25, 0.3) is 0 Å². The van der Waals surface area contributed by atoms with Crippen molar-refractivity contribution in [3.05, 3.63) is 29.8 Å². The predicted molar refractivity (Wildman–Crippen MR) is 58.9 cm³/mol. The van der Waals surface area contributed by atoms with E-state index < -0.39 is 12.2 Å². The van der Waals surface area contributed by atoms with Crippen molar-refractivity contribution in [3.63, 3.8) is 0 Å². The Morgan fingerprint density at radius 2 is 2.06 bits per heavy atom. The highest BCUT2D eigenvalue weighted by Gasteiger charge is 2.18. The van der Waals surface area contributed by atoms with Crippen molar-refractivity contribution in [1.29, 1.82) is 0 Å². The van der Waals surface area contributed by atoms with Crippen LogP contribution in [0.4, 0.5) is 4.39 Å². The summed E-state index contributed by atoms with van der Waals surface area (Å²) in [5.74, 6) is -0.981. The minimum absolute atomic E-state index is 0.282. The van der Waals surface area contributed by atoms with Crippen molar-refractivity contribution in [3.8, 4) is 0 Å². The van der Waals surface area contributed by atoms with Crippen LogP contribution in [0, 0.1) is 5.95 Å². The van der Waals surface area contributed by atoms with Crippen LogP contribution in [0.3, 0.4) is 0 Å². The lowest BCUT2D eigenvalue weighted by molar-refractivity contribution is -0.117. The lowest BCUT2D eigenvalue weighted by Crippen LogP contribution is -2.42. The number of ether oxygens (including phenoxy) is 2. The Hall–Kier alpha value is -1.53. The van der Waals surface area contributed by atoms with Gasteiger partial charge in [-0.2, -0.15) is 4.39 Å². The van der Waals surface area contributed by atoms with Crippen LogP contribution in [-0.4, -0.2) is 37.4 Å². The van der Waals surface area contributed by atoms with E-state index in [9.17, 15) is 9.18 Å². The molecule has 0 bridgehead atoms. The fraction of sp³-hybridized carbons (Fsp3) is 0.455. The molecule has 94 valence electrons. The molecule has 1 N–H and O–H groups in total. The molecule has 1 rings (SSSR count). The second-order valence-electron chi connectivity index (χ2n) is 3.47. The summed E-state index contributed by atoms with van der Waals surface area (Å²) < 4.78 is 22.6. The van der Waals surface area contributed by atoms with E-state index in [1.165, 1.54) is 26.5 Å². The first-order chi connectivity index (χ1) is 8.08. The molecule has 0 radical (unpaired) electrons. The zero-order valence-corrected chi connectivity index (χ0v) is 9.94. The Balaban J connectivity index is 2.62. The molecule has 0 saturated heterocycles. The highest BCUT2D eigenvalue weighted by molar-refractivity contribution is 5.94. The first-order valence-electron chi connectivity index (χ1n) is 5.06. The normalized spacial score (nSPS) is 12.5. The van der Waals surface area contributed by atoms with Gasteiger partial charge >= 0.3 is 0 Å². The Bertz CT molecular complexity index is 365. The molecule has 1 atom stereocenters. The number of nitrogens with one attached hydrogen (secondary N) is 1. The molecular formula is C11H15FN2O3. The zero-order chi connectivity index (χ0) is 12.8. The maximum absolute atomic E-state index is 12.6. The molecule has 0 aliphatic carbocycles. The quantitative estimate of drug-likeness (QED) is 0.617. The van der Waals surface area contributed by atoms with Gasteiger partial charge in [-0.05, 0) is 19.1 Å². The minimum Gasteiger partial charge on any atom is -0.354 e. The van der Waals surface area contributed by atoms with Gasteiger partial charge in [0.2, 0.25) is 5.95 Å². The van der Waals surface area contributed by atoms with Gasteiger partial charge in [0, 0.05) is 20.4 Å². The summed E-state index contributed by atoms with van der Waals surface area (Å²) >= 11 is 0. The molecule has 0 aliphatic rings. The van der Waals surface area contributed by atoms with E-state index >= 15 is 0 Å². The number of halogens is 1. The lowest BCUT2D eigenvalue weighted by Gasteiger charge is -2.21. The molecule has 17 heavy (non-hydrogen) atoms. The average molecular weight is 242 g/mol. The Morgan fingerprint density at radius 1 is 1.41 bits per heavy atom. The average Bonchev–Trinajstić information content (AvgIpc) is 2.31. The Kier molecular flexibility index (Phi) is 4.99. The molecule has 0 fully saturated rings. The van der Waals surface area contributed by atoms with Crippen molar-refractivity contribution in [2.75, 3.05) is 14.2 Å². The highest BCUT2D eigenvalue weighted by atomic mass is 19.1. The van der Waals surface area contributed by atoms with Crippen molar-refractivity contribution in [2.45, 2.75) is 19.3 Å². The van der Waals surface area contributed by atoms with Crippen LogP contribution >= 0.6 is 0 Å². The van der Waals surface area contributed by atoms with Crippen molar-refractivity contribution in [1.82, 2.24) is 10.3 Å². The largest absolute Gasteiger partial charge is 0.354 e. The van der Waals surface area contributed by atoms with Gasteiger partial charge in [-0.1, -0.05) is 0 Å². The first-order valence-corrected chi connectivity index (χ1v) is 5.06. The molecule has 1 aromatic heterocycles. The number of carbonyl (C=O) groups is 1. The van der Waals surface area contributed by atoms with Gasteiger partial charge in [-0.25, -0.2) is 4.98 Å². The molecule has 1 aromatic rings. The third kappa shape index (κ3) is 3.76. The van der Waals surface area contributed by atoms with Gasteiger partial charge in [0.25, 0.3) is 5.91 Å². The summed E-state index contributed by atoms with van der Waals surface area (Å²) in [6.07, 6.45) is 0.638. The van der Waals surface area contributed by atoms with E-state index in [0.29, 0.717) is 0 Å². The molecule has 0 spiro atoms. The first kappa shape index (κ1) is 13.5. The standard InChI is InChI=1S/C11H15FN2O3/c1-7(11(16-2)17-3)14-10(15)8-4-5-9(12)13-6-8/h4-7,11H,1-3H3,(H,14,15). The summed E-state index contributed by atoms with van der Waals surface area (Å²) in [5, 5.41) is 2.67. The zero-order valence-electron chi connectivity index (χ0n) is 9.94. The number of pyridine rings is 1.